The molecule has 1 heterocycles. The van der Waals surface area contributed by atoms with Gasteiger partial charge in [0.2, 0.25) is 0 Å². The zero-order valence-electron chi connectivity index (χ0n) is 14.0. The van der Waals surface area contributed by atoms with Crippen LogP contribution in [0.3, 0.4) is 0 Å². The lowest BCUT2D eigenvalue weighted by atomic mass is 9.98. The highest BCUT2D eigenvalue weighted by Crippen LogP contribution is 2.20. The van der Waals surface area contributed by atoms with E-state index in [1.165, 1.54) is 16.4 Å². The number of ether oxygens (including phenoxy) is 1. The lowest BCUT2D eigenvalue weighted by Gasteiger charge is -2.30. The molecule has 0 amide bonds. The van der Waals surface area contributed by atoms with E-state index in [9.17, 15) is 18.0 Å². The van der Waals surface area contributed by atoms with Gasteiger partial charge in [-0.05, 0) is 37.5 Å². The van der Waals surface area contributed by atoms with E-state index in [-0.39, 0.29) is 37.1 Å². The van der Waals surface area contributed by atoms with E-state index in [2.05, 4.69) is 4.72 Å². The molecule has 0 bridgehead atoms. The molecule has 1 aliphatic heterocycles. The molecule has 1 fully saturated rings. The molecule has 8 nitrogen and oxygen atoms in total. The van der Waals surface area contributed by atoms with E-state index in [4.69, 9.17) is 9.84 Å². The Labute approximate surface area is 147 Å². The predicted molar refractivity (Wildman–Crippen MR) is 90.1 cm³/mol. The summed E-state index contributed by atoms with van der Waals surface area (Å²) in [6.45, 7) is 2.65. The minimum absolute atomic E-state index is 0.0695. The average molecular weight is 370 g/mol. The minimum atomic E-state index is -3.65. The van der Waals surface area contributed by atoms with Gasteiger partial charge in [0.15, 0.2) is 0 Å². The minimum Gasteiger partial charge on any atom is -0.478 e. The number of rotatable bonds is 7. The second-order valence-electron chi connectivity index (χ2n) is 5.75. The van der Waals surface area contributed by atoms with Crippen LogP contribution in [0.15, 0.2) is 24.3 Å². The second-order valence-corrected chi connectivity index (χ2v) is 7.51. The van der Waals surface area contributed by atoms with Gasteiger partial charge in [0.25, 0.3) is 10.2 Å². The number of nitrogens with zero attached hydrogens (tertiary/aromatic N) is 1. The summed E-state index contributed by atoms with van der Waals surface area (Å²) < 4.78 is 33.5. The van der Waals surface area contributed by atoms with Crippen LogP contribution in [0.4, 0.5) is 0 Å². The van der Waals surface area contributed by atoms with Crippen molar-refractivity contribution in [2.75, 3.05) is 19.7 Å². The maximum Gasteiger partial charge on any atom is 0.335 e. The van der Waals surface area contributed by atoms with Gasteiger partial charge in [-0.3, -0.25) is 4.79 Å². The first kappa shape index (κ1) is 19.4. The van der Waals surface area contributed by atoms with Crippen LogP contribution in [-0.4, -0.2) is 49.5 Å². The van der Waals surface area contributed by atoms with Crippen LogP contribution in [0.5, 0.6) is 0 Å². The number of carboxylic acids is 1. The summed E-state index contributed by atoms with van der Waals surface area (Å²) in [7, 11) is -3.65. The Morgan fingerprint density at radius 3 is 2.36 bits per heavy atom. The molecule has 0 aromatic heterocycles. The molecule has 0 saturated carbocycles. The Morgan fingerprint density at radius 2 is 1.84 bits per heavy atom. The van der Waals surface area contributed by atoms with E-state index in [0.717, 1.165) is 0 Å². The first-order valence-electron chi connectivity index (χ1n) is 8.07. The number of nitrogens with one attached hydrogen (secondary N) is 1. The van der Waals surface area contributed by atoms with Gasteiger partial charge >= 0.3 is 11.9 Å². The van der Waals surface area contributed by atoms with Crippen molar-refractivity contribution in [1.82, 2.24) is 9.03 Å². The Kier molecular flexibility index (Phi) is 6.51. The molecule has 2 rings (SSSR count). The Morgan fingerprint density at radius 1 is 1.24 bits per heavy atom. The third-order valence-corrected chi connectivity index (χ3v) is 5.63. The van der Waals surface area contributed by atoms with Crippen LogP contribution in [0.2, 0.25) is 0 Å². The normalized spacial score (nSPS) is 16.5. The van der Waals surface area contributed by atoms with Crippen molar-refractivity contribution in [2.24, 2.45) is 5.92 Å². The fourth-order valence-corrected chi connectivity index (χ4v) is 3.85. The number of carboxylic acid groups (broad SMARTS) is 1. The molecule has 0 unspecified atom stereocenters. The lowest BCUT2D eigenvalue weighted by molar-refractivity contribution is -0.149. The van der Waals surface area contributed by atoms with Gasteiger partial charge in [-0.2, -0.15) is 17.4 Å². The van der Waals surface area contributed by atoms with Crippen LogP contribution in [0.25, 0.3) is 0 Å². The number of piperidine rings is 1. The number of esters is 1. The molecule has 1 saturated heterocycles. The van der Waals surface area contributed by atoms with E-state index < -0.39 is 16.2 Å². The molecule has 0 aliphatic carbocycles. The monoisotopic (exact) mass is 370 g/mol. The van der Waals surface area contributed by atoms with Crippen molar-refractivity contribution >= 4 is 22.1 Å². The number of aromatic carboxylic acids is 1. The maximum atomic E-state index is 12.3. The third kappa shape index (κ3) is 5.25. The summed E-state index contributed by atoms with van der Waals surface area (Å²) >= 11 is 0. The summed E-state index contributed by atoms with van der Waals surface area (Å²) in [6.07, 6.45) is 0.875. The van der Waals surface area contributed by atoms with Gasteiger partial charge < -0.3 is 9.84 Å². The standard InChI is InChI=1S/C16H22N2O6S/c1-2-24-16(21)14-7-9-18(10-8-14)25(22,23)17-11-12-3-5-13(6-4-12)15(19)20/h3-6,14,17H,2,7-11H2,1H3,(H,19,20). The third-order valence-electron chi connectivity index (χ3n) is 4.07. The predicted octanol–water partition coefficient (Wildman–Crippen LogP) is 0.994. The van der Waals surface area contributed by atoms with Crippen molar-refractivity contribution in [2.45, 2.75) is 26.3 Å². The van der Waals surface area contributed by atoms with Crippen molar-refractivity contribution < 1.29 is 27.9 Å². The van der Waals surface area contributed by atoms with E-state index in [0.29, 0.717) is 25.0 Å². The number of hydrogen-bond donors (Lipinski definition) is 2. The highest BCUT2D eigenvalue weighted by Gasteiger charge is 2.31. The molecule has 1 aromatic carbocycles. The van der Waals surface area contributed by atoms with Crippen molar-refractivity contribution in [3.05, 3.63) is 35.4 Å². The van der Waals surface area contributed by atoms with Gasteiger partial charge in [-0.25, -0.2) is 4.79 Å². The van der Waals surface area contributed by atoms with Crippen LogP contribution in [0.1, 0.15) is 35.7 Å². The number of benzene rings is 1. The lowest BCUT2D eigenvalue weighted by Crippen LogP contribution is -2.45. The largest absolute Gasteiger partial charge is 0.478 e. The molecule has 138 valence electrons. The molecular weight excluding hydrogens is 348 g/mol. The van der Waals surface area contributed by atoms with Crippen molar-refractivity contribution in [1.29, 1.82) is 0 Å². The molecule has 1 aromatic rings. The highest BCUT2D eigenvalue weighted by atomic mass is 32.2. The SMILES string of the molecule is CCOC(=O)C1CCN(S(=O)(=O)NCc2ccc(C(=O)O)cc2)CC1. The summed E-state index contributed by atoms with van der Waals surface area (Å²) in [5, 5.41) is 8.85. The maximum absolute atomic E-state index is 12.3. The first-order chi connectivity index (χ1) is 11.8. The smallest absolute Gasteiger partial charge is 0.335 e. The van der Waals surface area contributed by atoms with Crippen LogP contribution in [0, 0.1) is 5.92 Å². The van der Waals surface area contributed by atoms with Gasteiger partial charge in [0, 0.05) is 19.6 Å². The van der Waals surface area contributed by atoms with Gasteiger partial charge in [0.1, 0.15) is 0 Å². The van der Waals surface area contributed by atoms with Gasteiger partial charge in [-0.1, -0.05) is 12.1 Å². The first-order valence-corrected chi connectivity index (χ1v) is 9.51. The Balaban J connectivity index is 1.87. The van der Waals surface area contributed by atoms with Gasteiger partial charge in [0.05, 0.1) is 18.1 Å². The number of carbonyl (C=O) groups is 2. The average Bonchev–Trinajstić information content (AvgIpc) is 2.61. The molecule has 9 heteroatoms. The summed E-state index contributed by atoms with van der Waals surface area (Å²) in [6, 6.07) is 5.99. The highest BCUT2D eigenvalue weighted by molar-refractivity contribution is 7.87. The zero-order valence-corrected chi connectivity index (χ0v) is 14.8. The second kappa shape index (κ2) is 8.41. The fraction of sp³-hybridized carbons (Fsp3) is 0.500. The topological polar surface area (TPSA) is 113 Å². The molecular formula is C16H22N2O6S. The quantitative estimate of drug-likeness (QED) is 0.692. The molecule has 1 aliphatic rings. The van der Waals surface area contributed by atoms with E-state index in [1.54, 1.807) is 19.1 Å². The fourth-order valence-electron chi connectivity index (χ4n) is 2.62. The van der Waals surface area contributed by atoms with Crippen LogP contribution in [-0.2, 0) is 26.3 Å². The molecule has 0 atom stereocenters. The number of carbonyl (C=O) groups excluding carboxylic acids is 1. The van der Waals surface area contributed by atoms with Crippen LogP contribution < -0.4 is 4.72 Å². The molecule has 25 heavy (non-hydrogen) atoms. The summed E-state index contributed by atoms with van der Waals surface area (Å²) in [5.74, 6) is -1.56. The van der Waals surface area contributed by atoms with Crippen molar-refractivity contribution in [3.8, 4) is 0 Å². The Bertz CT molecular complexity index is 709. The number of hydrogen-bond acceptors (Lipinski definition) is 5. The molecule has 0 radical (unpaired) electrons. The summed E-state index contributed by atoms with van der Waals surface area (Å²) in [4.78, 5) is 22.5. The van der Waals surface area contributed by atoms with Crippen molar-refractivity contribution in [3.63, 3.8) is 0 Å². The van der Waals surface area contributed by atoms with E-state index in [1.807, 2.05) is 0 Å². The van der Waals surface area contributed by atoms with Gasteiger partial charge in [-0.15, -0.1) is 0 Å². The van der Waals surface area contributed by atoms with Crippen LogP contribution >= 0.6 is 0 Å². The summed E-state index contributed by atoms with van der Waals surface area (Å²) in [5.41, 5.74) is 0.808. The molecule has 2 N–H and O–H groups in total. The zero-order chi connectivity index (χ0) is 18.4. The van der Waals surface area contributed by atoms with E-state index >= 15 is 0 Å². The Hall–Kier alpha value is -1.97. The molecule has 0 spiro atoms.